The van der Waals surface area contributed by atoms with Crippen molar-refractivity contribution < 1.29 is 0 Å². The van der Waals surface area contributed by atoms with Crippen LogP contribution in [0.3, 0.4) is 0 Å². The van der Waals surface area contributed by atoms with E-state index >= 15 is 0 Å². The first-order valence-corrected chi connectivity index (χ1v) is 6.48. The minimum absolute atomic E-state index is 0.710. The molecule has 1 saturated carbocycles. The summed E-state index contributed by atoms with van der Waals surface area (Å²) in [5.74, 6) is 0.793. The summed E-state index contributed by atoms with van der Waals surface area (Å²) in [7, 11) is 1.86. The third kappa shape index (κ3) is 2.40. The number of hydrogen-bond acceptors (Lipinski definition) is 3. The number of aromatic nitrogens is 3. The SMILES string of the molecule is Cn1ncnc1-c1ccc(CNC2CC2)cc1Cl. The van der Waals surface area contributed by atoms with Crippen LogP contribution in [0.4, 0.5) is 0 Å². The second kappa shape index (κ2) is 4.71. The minimum Gasteiger partial charge on any atom is -0.310 e. The van der Waals surface area contributed by atoms with Crippen LogP contribution < -0.4 is 5.32 Å². The fourth-order valence-corrected chi connectivity index (χ4v) is 2.23. The molecule has 1 fully saturated rings. The summed E-state index contributed by atoms with van der Waals surface area (Å²) in [5.41, 5.74) is 2.13. The van der Waals surface area contributed by atoms with Gasteiger partial charge < -0.3 is 5.32 Å². The maximum Gasteiger partial charge on any atom is 0.159 e. The zero-order valence-corrected chi connectivity index (χ0v) is 11.0. The zero-order chi connectivity index (χ0) is 12.5. The molecule has 1 aromatic heterocycles. The molecule has 0 bridgehead atoms. The second-order valence-corrected chi connectivity index (χ2v) is 5.08. The lowest BCUT2D eigenvalue weighted by atomic mass is 10.1. The predicted molar refractivity (Wildman–Crippen MR) is 71.3 cm³/mol. The van der Waals surface area contributed by atoms with Crippen LogP contribution in [0, 0.1) is 0 Å². The van der Waals surface area contributed by atoms with Crippen LogP contribution in [-0.2, 0) is 13.6 Å². The van der Waals surface area contributed by atoms with E-state index in [1.165, 1.54) is 24.7 Å². The van der Waals surface area contributed by atoms with Crippen molar-refractivity contribution >= 4 is 11.6 Å². The van der Waals surface area contributed by atoms with Gasteiger partial charge >= 0.3 is 0 Å². The molecular formula is C13H15ClN4. The summed E-state index contributed by atoms with van der Waals surface area (Å²) < 4.78 is 1.73. The van der Waals surface area contributed by atoms with Crippen LogP contribution in [0.1, 0.15) is 18.4 Å². The third-order valence-corrected chi connectivity index (χ3v) is 3.47. The molecule has 5 heteroatoms. The van der Waals surface area contributed by atoms with Gasteiger partial charge in [0.1, 0.15) is 6.33 Å². The lowest BCUT2D eigenvalue weighted by molar-refractivity contribution is 0.688. The topological polar surface area (TPSA) is 42.7 Å². The van der Waals surface area contributed by atoms with Gasteiger partial charge in [0.25, 0.3) is 0 Å². The number of hydrogen-bond donors (Lipinski definition) is 1. The van der Waals surface area contributed by atoms with E-state index in [-0.39, 0.29) is 0 Å². The standard InChI is InChI=1S/C13H15ClN4/c1-18-13(16-8-17-18)11-5-2-9(6-12(11)14)7-15-10-3-4-10/h2,5-6,8,10,15H,3-4,7H2,1H3. The molecule has 0 saturated heterocycles. The van der Waals surface area contributed by atoms with Crippen LogP contribution in [0.5, 0.6) is 0 Å². The summed E-state index contributed by atoms with van der Waals surface area (Å²) in [6.45, 7) is 0.878. The molecule has 0 spiro atoms. The average molecular weight is 263 g/mol. The number of aryl methyl sites for hydroxylation is 1. The van der Waals surface area contributed by atoms with Crippen LogP contribution >= 0.6 is 11.6 Å². The lowest BCUT2D eigenvalue weighted by Crippen LogP contribution is -2.15. The summed E-state index contributed by atoms with van der Waals surface area (Å²) in [5, 5.41) is 8.26. The second-order valence-electron chi connectivity index (χ2n) is 4.68. The van der Waals surface area contributed by atoms with Crippen molar-refractivity contribution in [3.63, 3.8) is 0 Å². The Morgan fingerprint density at radius 3 is 2.89 bits per heavy atom. The lowest BCUT2D eigenvalue weighted by Gasteiger charge is -2.07. The third-order valence-electron chi connectivity index (χ3n) is 3.16. The zero-order valence-electron chi connectivity index (χ0n) is 10.2. The van der Waals surface area contributed by atoms with E-state index in [0.717, 1.165) is 23.0 Å². The van der Waals surface area contributed by atoms with Gasteiger partial charge in [-0.1, -0.05) is 17.7 Å². The molecule has 0 amide bonds. The van der Waals surface area contributed by atoms with E-state index in [1.807, 2.05) is 19.2 Å². The number of benzene rings is 1. The Morgan fingerprint density at radius 1 is 1.44 bits per heavy atom. The average Bonchev–Trinajstić information content (AvgIpc) is 3.09. The van der Waals surface area contributed by atoms with E-state index in [0.29, 0.717) is 6.04 Å². The summed E-state index contributed by atoms with van der Waals surface area (Å²) >= 11 is 6.31. The molecule has 2 aromatic rings. The Morgan fingerprint density at radius 2 is 2.28 bits per heavy atom. The minimum atomic E-state index is 0.710. The highest BCUT2D eigenvalue weighted by Crippen LogP contribution is 2.27. The van der Waals surface area contributed by atoms with Crippen molar-refractivity contribution in [2.45, 2.75) is 25.4 Å². The van der Waals surface area contributed by atoms with Crippen LogP contribution in [0.2, 0.25) is 5.02 Å². The van der Waals surface area contributed by atoms with Crippen molar-refractivity contribution in [1.82, 2.24) is 20.1 Å². The Balaban J connectivity index is 1.82. The smallest absolute Gasteiger partial charge is 0.159 e. The quantitative estimate of drug-likeness (QED) is 0.920. The molecule has 4 nitrogen and oxygen atoms in total. The molecule has 0 atom stereocenters. The van der Waals surface area contributed by atoms with Gasteiger partial charge in [0.2, 0.25) is 0 Å². The number of halogens is 1. The molecular weight excluding hydrogens is 248 g/mol. The first kappa shape index (κ1) is 11.7. The molecule has 1 heterocycles. The molecule has 1 aromatic carbocycles. The van der Waals surface area contributed by atoms with Crippen LogP contribution in [0.15, 0.2) is 24.5 Å². The highest BCUT2D eigenvalue weighted by molar-refractivity contribution is 6.33. The maximum atomic E-state index is 6.31. The molecule has 3 rings (SSSR count). The molecule has 94 valence electrons. The van der Waals surface area contributed by atoms with Gasteiger partial charge in [0, 0.05) is 25.2 Å². The Kier molecular flexibility index (Phi) is 3.06. The van der Waals surface area contributed by atoms with Gasteiger partial charge in [0.15, 0.2) is 5.82 Å². The molecule has 1 N–H and O–H groups in total. The number of nitrogens with one attached hydrogen (secondary N) is 1. The van der Waals surface area contributed by atoms with Crippen molar-refractivity contribution in [2.75, 3.05) is 0 Å². The Labute approximate surface area is 111 Å². The number of rotatable bonds is 4. The fourth-order valence-electron chi connectivity index (χ4n) is 1.94. The van der Waals surface area contributed by atoms with E-state index in [2.05, 4.69) is 21.5 Å². The largest absolute Gasteiger partial charge is 0.310 e. The van der Waals surface area contributed by atoms with E-state index < -0.39 is 0 Å². The number of nitrogens with zero attached hydrogens (tertiary/aromatic N) is 3. The molecule has 1 aliphatic carbocycles. The Bertz CT molecular complexity index is 560. The molecule has 0 radical (unpaired) electrons. The van der Waals surface area contributed by atoms with Gasteiger partial charge in [0.05, 0.1) is 5.02 Å². The van der Waals surface area contributed by atoms with Crippen molar-refractivity contribution in [1.29, 1.82) is 0 Å². The van der Waals surface area contributed by atoms with Crippen LogP contribution in [0.25, 0.3) is 11.4 Å². The van der Waals surface area contributed by atoms with Gasteiger partial charge in [-0.15, -0.1) is 0 Å². The molecule has 1 aliphatic rings. The summed E-state index contributed by atoms with van der Waals surface area (Å²) in [4.78, 5) is 4.21. The van der Waals surface area contributed by atoms with Crippen molar-refractivity contribution in [2.24, 2.45) is 7.05 Å². The molecule has 18 heavy (non-hydrogen) atoms. The van der Waals surface area contributed by atoms with Crippen molar-refractivity contribution in [3.05, 3.63) is 35.1 Å². The maximum absolute atomic E-state index is 6.31. The normalized spacial score (nSPS) is 15.0. The Hall–Kier alpha value is -1.39. The van der Waals surface area contributed by atoms with Gasteiger partial charge in [-0.05, 0) is 30.5 Å². The summed E-state index contributed by atoms with van der Waals surface area (Å²) in [6, 6.07) is 6.81. The van der Waals surface area contributed by atoms with Gasteiger partial charge in [-0.2, -0.15) is 5.10 Å². The van der Waals surface area contributed by atoms with Gasteiger partial charge in [-0.25, -0.2) is 9.67 Å². The highest BCUT2D eigenvalue weighted by Gasteiger charge is 2.20. The fraction of sp³-hybridized carbons (Fsp3) is 0.385. The molecule has 0 aliphatic heterocycles. The molecule has 0 unspecified atom stereocenters. The predicted octanol–water partition coefficient (Wildman–Crippen LogP) is 2.39. The van der Waals surface area contributed by atoms with E-state index in [1.54, 1.807) is 4.68 Å². The first-order chi connectivity index (χ1) is 8.74. The first-order valence-electron chi connectivity index (χ1n) is 6.10. The van der Waals surface area contributed by atoms with Crippen molar-refractivity contribution in [3.8, 4) is 11.4 Å². The van der Waals surface area contributed by atoms with E-state index in [4.69, 9.17) is 11.6 Å². The van der Waals surface area contributed by atoms with Crippen LogP contribution in [-0.4, -0.2) is 20.8 Å². The van der Waals surface area contributed by atoms with Gasteiger partial charge in [-0.3, -0.25) is 0 Å². The monoisotopic (exact) mass is 262 g/mol. The summed E-state index contributed by atoms with van der Waals surface area (Å²) in [6.07, 6.45) is 4.13. The highest BCUT2D eigenvalue weighted by atomic mass is 35.5. The van der Waals surface area contributed by atoms with E-state index in [9.17, 15) is 0 Å².